The van der Waals surface area contributed by atoms with E-state index in [1.165, 1.54) is 10.5 Å². The van der Waals surface area contributed by atoms with Crippen LogP contribution in [-0.4, -0.2) is 27.3 Å². The van der Waals surface area contributed by atoms with Crippen molar-refractivity contribution in [3.63, 3.8) is 0 Å². The van der Waals surface area contributed by atoms with Crippen molar-refractivity contribution >= 4 is 17.2 Å². The number of nitriles is 1. The van der Waals surface area contributed by atoms with E-state index in [2.05, 4.69) is 61.1 Å². The maximum Gasteiger partial charge on any atom is 0.278 e. The third kappa shape index (κ3) is 3.90. The summed E-state index contributed by atoms with van der Waals surface area (Å²) in [6.07, 6.45) is 5.12. The van der Waals surface area contributed by atoms with E-state index in [4.69, 9.17) is 5.26 Å². The Balaban J connectivity index is 1.67. The first-order valence-electron chi connectivity index (χ1n) is 10.00. The van der Waals surface area contributed by atoms with Gasteiger partial charge in [-0.1, -0.05) is 45.0 Å². The quantitative estimate of drug-likeness (QED) is 0.485. The third-order valence-corrected chi connectivity index (χ3v) is 5.35. The zero-order valence-corrected chi connectivity index (χ0v) is 18.0. The molecular weight excluding hydrogens is 386 g/mol. The number of hydrogen-bond acceptors (Lipinski definition) is 4. The van der Waals surface area contributed by atoms with Gasteiger partial charge in [0.05, 0.1) is 29.7 Å². The molecule has 0 fully saturated rings. The van der Waals surface area contributed by atoms with E-state index in [1.807, 2.05) is 4.40 Å². The van der Waals surface area contributed by atoms with Gasteiger partial charge in [0, 0.05) is 24.5 Å². The fraction of sp³-hybridized carbons (Fsp3) is 0.200. The third-order valence-electron chi connectivity index (χ3n) is 5.35. The lowest BCUT2D eigenvalue weighted by atomic mass is 9.86. The largest absolute Gasteiger partial charge is 0.310 e. The summed E-state index contributed by atoms with van der Waals surface area (Å²) in [4.78, 5) is 23.3. The van der Waals surface area contributed by atoms with Crippen LogP contribution in [0.2, 0.25) is 0 Å². The van der Waals surface area contributed by atoms with Crippen molar-refractivity contribution in [1.82, 2.24) is 14.4 Å². The summed E-state index contributed by atoms with van der Waals surface area (Å²) in [6.45, 7) is 6.55. The van der Waals surface area contributed by atoms with E-state index >= 15 is 0 Å². The van der Waals surface area contributed by atoms with Crippen LogP contribution in [0.4, 0.5) is 5.69 Å². The number of carbonyl (C=O) groups excluding carboxylic acids is 1. The predicted octanol–water partition coefficient (Wildman–Crippen LogP) is 4.84. The van der Waals surface area contributed by atoms with Gasteiger partial charge in [-0.05, 0) is 35.2 Å². The van der Waals surface area contributed by atoms with Crippen LogP contribution in [0.3, 0.4) is 0 Å². The monoisotopic (exact) mass is 409 g/mol. The number of rotatable bonds is 3. The first-order chi connectivity index (χ1) is 14.8. The van der Waals surface area contributed by atoms with Crippen LogP contribution in [0.15, 0.2) is 67.1 Å². The van der Waals surface area contributed by atoms with E-state index < -0.39 is 0 Å². The molecule has 2 aromatic carbocycles. The van der Waals surface area contributed by atoms with Gasteiger partial charge in [0.1, 0.15) is 5.69 Å². The summed E-state index contributed by atoms with van der Waals surface area (Å²) in [5.41, 5.74) is 5.47. The molecule has 6 nitrogen and oxygen atoms in total. The van der Waals surface area contributed by atoms with Crippen LogP contribution < -0.4 is 4.90 Å². The maximum atomic E-state index is 13.0. The van der Waals surface area contributed by atoms with Gasteiger partial charge in [0.25, 0.3) is 5.91 Å². The van der Waals surface area contributed by atoms with E-state index in [9.17, 15) is 4.79 Å². The molecule has 0 spiro atoms. The highest BCUT2D eigenvalue weighted by Crippen LogP contribution is 2.27. The highest BCUT2D eigenvalue weighted by molar-refractivity contribution is 6.04. The van der Waals surface area contributed by atoms with Gasteiger partial charge in [0.2, 0.25) is 0 Å². The number of amides is 1. The average Bonchev–Trinajstić information content (AvgIpc) is 3.21. The van der Waals surface area contributed by atoms with Gasteiger partial charge in [-0.3, -0.25) is 9.20 Å². The number of benzene rings is 2. The van der Waals surface area contributed by atoms with Crippen molar-refractivity contribution in [3.05, 3.63) is 83.9 Å². The number of hydrogen-bond donors (Lipinski definition) is 0. The molecule has 4 rings (SSSR count). The summed E-state index contributed by atoms with van der Waals surface area (Å²) >= 11 is 0. The minimum Gasteiger partial charge on any atom is -0.310 e. The van der Waals surface area contributed by atoms with Crippen LogP contribution in [0.1, 0.15) is 42.4 Å². The lowest BCUT2D eigenvalue weighted by Crippen LogP contribution is -2.27. The fourth-order valence-electron chi connectivity index (χ4n) is 3.40. The molecule has 154 valence electrons. The van der Waals surface area contributed by atoms with Crippen molar-refractivity contribution in [2.45, 2.75) is 26.2 Å². The number of carbonyl (C=O) groups is 1. The van der Waals surface area contributed by atoms with Gasteiger partial charge in [-0.25, -0.2) is 9.97 Å². The number of nitrogens with zero attached hydrogens (tertiary/aromatic N) is 5. The number of anilines is 1. The van der Waals surface area contributed by atoms with E-state index in [1.54, 1.807) is 49.9 Å². The first kappa shape index (κ1) is 20.3. The minimum absolute atomic E-state index is 0.0809. The van der Waals surface area contributed by atoms with Crippen LogP contribution in [0.25, 0.3) is 16.9 Å². The standard InChI is InChI=1S/C25H23N5O/c1-25(2,3)19-9-7-18(8-10-19)22-14-28-23-15-27-21(16-30(22)23)24(31)29(4)20-11-5-17(13-26)6-12-20/h5-12,14-16H,1-4H3. The van der Waals surface area contributed by atoms with Gasteiger partial charge < -0.3 is 4.90 Å². The summed E-state index contributed by atoms with van der Waals surface area (Å²) in [5, 5.41) is 8.96. The predicted molar refractivity (Wildman–Crippen MR) is 121 cm³/mol. The Kier molecular flexibility index (Phi) is 5.04. The molecule has 31 heavy (non-hydrogen) atoms. The van der Waals surface area contributed by atoms with Gasteiger partial charge >= 0.3 is 0 Å². The molecule has 0 aliphatic rings. The summed E-state index contributed by atoms with van der Waals surface area (Å²) in [7, 11) is 1.69. The van der Waals surface area contributed by atoms with E-state index in [0.29, 0.717) is 22.6 Å². The normalized spacial score (nSPS) is 11.3. The molecule has 4 aromatic rings. The molecule has 0 radical (unpaired) electrons. The Morgan fingerprint density at radius 1 is 1.00 bits per heavy atom. The highest BCUT2D eigenvalue weighted by Gasteiger charge is 2.18. The molecule has 0 saturated heterocycles. The second kappa shape index (κ2) is 7.69. The molecule has 0 saturated carbocycles. The second-order valence-electron chi connectivity index (χ2n) is 8.49. The lowest BCUT2D eigenvalue weighted by molar-refractivity contribution is 0.0988. The summed E-state index contributed by atoms with van der Waals surface area (Å²) in [6, 6.07) is 17.3. The Hall–Kier alpha value is -3.98. The zero-order chi connectivity index (χ0) is 22.2. The SMILES string of the molecule is CN(C(=O)c1cn2c(-c3ccc(C(C)(C)C)cc3)cnc2cn1)c1ccc(C#N)cc1. The zero-order valence-electron chi connectivity index (χ0n) is 18.0. The maximum absolute atomic E-state index is 13.0. The Bertz CT molecular complexity index is 1290. The highest BCUT2D eigenvalue weighted by atomic mass is 16.2. The minimum atomic E-state index is -0.241. The van der Waals surface area contributed by atoms with Gasteiger partial charge in [0.15, 0.2) is 5.65 Å². The molecule has 0 N–H and O–H groups in total. The summed E-state index contributed by atoms with van der Waals surface area (Å²) in [5.74, 6) is -0.241. The number of aromatic nitrogens is 3. The fourth-order valence-corrected chi connectivity index (χ4v) is 3.40. The summed E-state index contributed by atoms with van der Waals surface area (Å²) < 4.78 is 1.89. The molecule has 0 atom stereocenters. The average molecular weight is 409 g/mol. The molecule has 0 bridgehead atoms. The van der Waals surface area contributed by atoms with Crippen LogP contribution >= 0.6 is 0 Å². The topological polar surface area (TPSA) is 74.3 Å². The molecule has 6 heteroatoms. The number of imidazole rings is 1. The van der Waals surface area contributed by atoms with Crippen molar-refractivity contribution in [1.29, 1.82) is 5.26 Å². The Morgan fingerprint density at radius 3 is 2.29 bits per heavy atom. The smallest absolute Gasteiger partial charge is 0.278 e. The van der Waals surface area contributed by atoms with Gasteiger partial charge in [-0.2, -0.15) is 5.26 Å². The van der Waals surface area contributed by atoms with Crippen LogP contribution in [-0.2, 0) is 5.41 Å². The van der Waals surface area contributed by atoms with E-state index in [-0.39, 0.29) is 11.3 Å². The Morgan fingerprint density at radius 2 is 1.68 bits per heavy atom. The molecule has 1 amide bonds. The van der Waals surface area contributed by atoms with Crippen LogP contribution in [0.5, 0.6) is 0 Å². The van der Waals surface area contributed by atoms with Crippen molar-refractivity contribution in [2.24, 2.45) is 0 Å². The lowest BCUT2D eigenvalue weighted by Gasteiger charge is -2.19. The molecule has 2 aromatic heterocycles. The van der Waals surface area contributed by atoms with Crippen LogP contribution in [0, 0.1) is 11.3 Å². The molecule has 0 unspecified atom stereocenters. The molecule has 2 heterocycles. The second-order valence-corrected chi connectivity index (χ2v) is 8.49. The van der Waals surface area contributed by atoms with Crippen molar-refractivity contribution in [3.8, 4) is 17.3 Å². The molecule has 0 aliphatic carbocycles. The van der Waals surface area contributed by atoms with Crippen molar-refractivity contribution < 1.29 is 4.79 Å². The first-order valence-corrected chi connectivity index (χ1v) is 10.00. The number of fused-ring (bicyclic) bond motifs is 1. The van der Waals surface area contributed by atoms with Gasteiger partial charge in [-0.15, -0.1) is 0 Å². The van der Waals surface area contributed by atoms with Crippen molar-refractivity contribution in [2.75, 3.05) is 11.9 Å². The van der Waals surface area contributed by atoms with E-state index in [0.717, 1.165) is 11.3 Å². The molecule has 0 aliphatic heterocycles. The Labute approximate surface area is 181 Å². The molecular formula is C25H23N5O.